The number of hydrogen-bond acceptors (Lipinski definition) is 6. The molecular formula is C34H48N4O4S. The van der Waals surface area contributed by atoms with Crippen molar-refractivity contribution in [1.29, 1.82) is 0 Å². The van der Waals surface area contributed by atoms with E-state index in [0.29, 0.717) is 30.0 Å². The third-order valence-corrected chi connectivity index (χ3v) is 11.6. The van der Waals surface area contributed by atoms with Crippen LogP contribution in [-0.2, 0) is 19.1 Å². The summed E-state index contributed by atoms with van der Waals surface area (Å²) in [5.74, 6) is -0.338. The van der Waals surface area contributed by atoms with Gasteiger partial charge in [0.25, 0.3) is 0 Å². The van der Waals surface area contributed by atoms with E-state index in [9.17, 15) is 14.4 Å². The molecule has 9 heteroatoms. The van der Waals surface area contributed by atoms with Gasteiger partial charge in [-0.3, -0.25) is 14.4 Å². The van der Waals surface area contributed by atoms with Crippen molar-refractivity contribution in [3.63, 3.8) is 0 Å². The van der Waals surface area contributed by atoms with Crippen LogP contribution in [-0.4, -0.2) is 83.7 Å². The number of nitrogens with one attached hydrogen (secondary N) is 2. The molecule has 43 heavy (non-hydrogen) atoms. The molecular weight excluding hydrogens is 560 g/mol. The number of benzene rings is 1. The van der Waals surface area contributed by atoms with Gasteiger partial charge < -0.3 is 25.2 Å². The fourth-order valence-corrected chi connectivity index (χ4v) is 8.90. The van der Waals surface area contributed by atoms with Crippen LogP contribution in [0.15, 0.2) is 41.3 Å². The van der Waals surface area contributed by atoms with Crippen molar-refractivity contribution in [1.82, 2.24) is 15.1 Å². The Morgan fingerprint density at radius 3 is 2.72 bits per heavy atom. The summed E-state index contributed by atoms with van der Waals surface area (Å²) in [4.78, 5) is 47.7. The van der Waals surface area contributed by atoms with E-state index in [-0.39, 0.29) is 23.8 Å². The predicted molar refractivity (Wildman–Crippen MR) is 170 cm³/mol. The molecule has 8 nitrogen and oxygen atoms in total. The summed E-state index contributed by atoms with van der Waals surface area (Å²) in [6.07, 6.45) is 11.7. The molecule has 6 rings (SSSR count). The number of rotatable bonds is 9. The molecule has 1 aliphatic carbocycles. The maximum absolute atomic E-state index is 14.3. The van der Waals surface area contributed by atoms with Crippen LogP contribution in [0, 0.1) is 29.6 Å². The van der Waals surface area contributed by atoms with E-state index in [4.69, 9.17) is 4.74 Å². The van der Waals surface area contributed by atoms with Crippen LogP contribution in [0.25, 0.3) is 0 Å². The third-order valence-electron chi connectivity index (χ3n) is 10.9. The van der Waals surface area contributed by atoms with Crippen LogP contribution in [0.1, 0.15) is 59.3 Å². The molecule has 1 saturated carbocycles. The number of carbonyl (C=O) groups excluding carboxylic acids is 3. The average molecular weight is 609 g/mol. The summed E-state index contributed by atoms with van der Waals surface area (Å²) in [7, 11) is 0. The monoisotopic (exact) mass is 608 g/mol. The van der Waals surface area contributed by atoms with Crippen molar-refractivity contribution in [3.05, 3.63) is 36.4 Å². The zero-order chi connectivity index (χ0) is 30.3. The van der Waals surface area contributed by atoms with Gasteiger partial charge in [0.1, 0.15) is 11.6 Å². The van der Waals surface area contributed by atoms with E-state index in [2.05, 4.69) is 36.3 Å². The first kappa shape index (κ1) is 30.7. The third kappa shape index (κ3) is 5.77. The Balaban J connectivity index is 1.24. The van der Waals surface area contributed by atoms with Gasteiger partial charge >= 0.3 is 0 Å². The van der Waals surface area contributed by atoms with Crippen LogP contribution in [0.3, 0.4) is 0 Å². The largest absolute Gasteiger partial charge is 0.359 e. The zero-order valence-electron chi connectivity index (χ0n) is 26.1. The molecule has 5 aliphatic rings. The molecule has 1 aromatic carbocycles. The number of nitrogens with zero attached hydrogens (tertiary/aromatic N) is 2. The Morgan fingerprint density at radius 1 is 1.09 bits per heavy atom. The molecule has 9 atom stereocenters. The lowest BCUT2D eigenvalue weighted by Gasteiger charge is -2.38. The van der Waals surface area contributed by atoms with E-state index in [1.54, 1.807) is 16.7 Å². The van der Waals surface area contributed by atoms with E-state index < -0.39 is 29.6 Å². The number of piperidine rings is 1. The van der Waals surface area contributed by atoms with Crippen LogP contribution in [0.2, 0.25) is 0 Å². The Hall–Kier alpha value is -2.36. The highest BCUT2D eigenvalue weighted by atomic mass is 32.2. The second-order valence-electron chi connectivity index (χ2n) is 13.7. The predicted octanol–water partition coefficient (Wildman–Crippen LogP) is 4.56. The van der Waals surface area contributed by atoms with Crippen LogP contribution in [0.5, 0.6) is 0 Å². The minimum absolute atomic E-state index is 0.0730. The summed E-state index contributed by atoms with van der Waals surface area (Å²) in [6, 6.07) is 7.01. The highest BCUT2D eigenvalue weighted by molar-refractivity contribution is 7.98. The molecule has 4 aliphatic heterocycles. The van der Waals surface area contributed by atoms with Crippen molar-refractivity contribution in [2.24, 2.45) is 29.6 Å². The summed E-state index contributed by atoms with van der Waals surface area (Å²) in [5.41, 5.74) is -0.427. The van der Waals surface area contributed by atoms with Gasteiger partial charge in [0.2, 0.25) is 17.7 Å². The summed E-state index contributed by atoms with van der Waals surface area (Å²) in [5, 5.41) is 6.42. The molecule has 1 aromatic rings. The van der Waals surface area contributed by atoms with Crippen LogP contribution < -0.4 is 10.6 Å². The molecule has 0 radical (unpaired) electrons. The number of anilines is 1. The van der Waals surface area contributed by atoms with Gasteiger partial charge in [-0.15, -0.1) is 11.8 Å². The summed E-state index contributed by atoms with van der Waals surface area (Å²) in [6.45, 7) is 10.3. The maximum Gasteiger partial charge on any atom is 0.246 e. The lowest BCUT2D eigenvalue weighted by atomic mass is 9.73. The topological polar surface area (TPSA) is 91.0 Å². The van der Waals surface area contributed by atoms with E-state index in [0.717, 1.165) is 43.8 Å². The normalized spacial score (nSPS) is 37.0. The standard InChI is InChI=1S/C34H48N4O4S/c1-21-9-7-16-37(20-21)17-8-18-38-30(32(40)36-26-13-5-10-22(2)23(26)3)34-15-14-27(42-34)28(29(34)33(38)41)31(39)35-24-11-6-12-25(19-24)43-4/h6,11-12,14-15,19,21-23,26-30H,5,7-10,13,16-18,20H2,1-4H3,(H,35,39)(H,36,40)/t21-,22+,23+,26+,27+,28-,29+,30+,34+/m0/s1. The number of thioether (sulfide) groups is 1. The number of likely N-dealkylation sites (tertiary alicyclic amines) is 2. The van der Waals surface area contributed by atoms with Gasteiger partial charge in [-0.2, -0.15) is 0 Å². The van der Waals surface area contributed by atoms with E-state index in [1.165, 1.54) is 19.3 Å². The van der Waals surface area contributed by atoms with Crippen LogP contribution in [0.4, 0.5) is 5.69 Å². The van der Waals surface area contributed by atoms with E-state index in [1.807, 2.05) is 42.7 Å². The number of hydrogen-bond donors (Lipinski definition) is 2. The van der Waals surface area contributed by atoms with Gasteiger partial charge in [0, 0.05) is 29.7 Å². The lowest BCUT2D eigenvalue weighted by molar-refractivity contribution is -0.141. The van der Waals surface area contributed by atoms with Gasteiger partial charge in [-0.05, 0) is 81.0 Å². The number of carbonyl (C=O) groups is 3. The molecule has 0 unspecified atom stereocenters. The zero-order valence-corrected chi connectivity index (χ0v) is 26.9. The Labute approximate surface area is 260 Å². The smallest absolute Gasteiger partial charge is 0.246 e. The summed E-state index contributed by atoms with van der Waals surface area (Å²) >= 11 is 1.61. The molecule has 3 amide bonds. The summed E-state index contributed by atoms with van der Waals surface area (Å²) < 4.78 is 6.57. The van der Waals surface area contributed by atoms with Crippen molar-refractivity contribution >= 4 is 35.2 Å². The molecule has 4 fully saturated rings. The first-order valence-corrected chi connectivity index (χ1v) is 17.6. The van der Waals surface area contributed by atoms with Gasteiger partial charge in [-0.1, -0.05) is 51.8 Å². The highest BCUT2D eigenvalue weighted by Crippen LogP contribution is 2.55. The lowest BCUT2D eigenvalue weighted by Crippen LogP contribution is -2.58. The number of fused-ring (bicyclic) bond motifs is 1. The molecule has 1 spiro atoms. The second-order valence-corrected chi connectivity index (χ2v) is 14.6. The van der Waals surface area contributed by atoms with Crippen molar-refractivity contribution in [3.8, 4) is 0 Å². The van der Waals surface area contributed by atoms with Crippen molar-refractivity contribution < 1.29 is 19.1 Å². The van der Waals surface area contributed by atoms with Crippen LogP contribution >= 0.6 is 11.8 Å². The average Bonchev–Trinajstić information content (AvgIpc) is 3.63. The van der Waals surface area contributed by atoms with Gasteiger partial charge in [-0.25, -0.2) is 0 Å². The van der Waals surface area contributed by atoms with Crippen molar-refractivity contribution in [2.75, 3.05) is 37.8 Å². The maximum atomic E-state index is 14.3. The Bertz CT molecular complexity index is 1260. The first-order valence-electron chi connectivity index (χ1n) is 16.4. The van der Waals surface area contributed by atoms with E-state index >= 15 is 0 Å². The fourth-order valence-electron chi connectivity index (χ4n) is 8.44. The Kier molecular flexibility index (Phi) is 8.96. The molecule has 2 bridgehead atoms. The molecule has 0 aromatic heterocycles. The second kappa shape index (κ2) is 12.6. The SMILES string of the molecule is CSc1cccc(NC(=O)[C@H]2[C@H]3C=C[C@@]4(O3)[C@H]2C(=O)N(CCCN2CCC[C@H](C)C2)[C@@H]4C(=O)N[C@@H]2CCC[C@@H](C)[C@H]2C)c1. The quantitative estimate of drug-likeness (QED) is 0.316. The first-order chi connectivity index (χ1) is 20.7. The van der Waals surface area contributed by atoms with Crippen molar-refractivity contribution in [2.45, 2.75) is 88.0 Å². The molecule has 3 saturated heterocycles. The highest BCUT2D eigenvalue weighted by Gasteiger charge is 2.72. The molecule has 4 heterocycles. The van der Waals surface area contributed by atoms with Gasteiger partial charge in [0.05, 0.1) is 17.9 Å². The molecule has 2 N–H and O–H groups in total. The minimum atomic E-state index is -1.13. The van der Waals surface area contributed by atoms with Gasteiger partial charge in [0.15, 0.2) is 0 Å². The molecule has 234 valence electrons. The fraction of sp³-hybridized carbons (Fsp3) is 0.676. The number of ether oxygens (including phenoxy) is 1. The minimum Gasteiger partial charge on any atom is -0.359 e. The number of amides is 3. The Morgan fingerprint density at radius 2 is 1.93 bits per heavy atom.